The van der Waals surface area contributed by atoms with E-state index in [1.807, 2.05) is 0 Å². The molecule has 0 bridgehead atoms. The lowest BCUT2D eigenvalue weighted by Crippen LogP contribution is -2.37. The first-order valence-corrected chi connectivity index (χ1v) is 9.82. The number of rotatable bonds is 4. The summed E-state index contributed by atoms with van der Waals surface area (Å²) in [6.45, 7) is 1.50. The molecule has 0 spiro atoms. The Morgan fingerprint density at radius 3 is 2.83 bits per heavy atom. The van der Waals surface area contributed by atoms with Gasteiger partial charge in [0.1, 0.15) is 11.6 Å². The number of fused-ring (bicyclic) bond motifs is 1. The Kier molecular flexibility index (Phi) is 5.78. The summed E-state index contributed by atoms with van der Waals surface area (Å²) in [6, 6.07) is 9.40. The Morgan fingerprint density at radius 1 is 1.27 bits per heavy atom. The lowest BCUT2D eigenvalue weighted by atomic mass is 10.1. The first-order valence-electron chi connectivity index (χ1n) is 9.44. The maximum atomic E-state index is 13.0. The van der Waals surface area contributed by atoms with Crippen LogP contribution in [0.4, 0.5) is 0 Å². The third kappa shape index (κ3) is 4.05. The van der Waals surface area contributed by atoms with E-state index in [0.717, 1.165) is 5.56 Å². The minimum absolute atomic E-state index is 0.168. The molecule has 1 unspecified atom stereocenters. The maximum absolute atomic E-state index is 13.0. The van der Waals surface area contributed by atoms with E-state index in [0.29, 0.717) is 47.5 Å². The molecule has 1 atom stereocenters. The third-order valence-electron chi connectivity index (χ3n) is 4.90. The van der Waals surface area contributed by atoms with Crippen LogP contribution >= 0.6 is 11.6 Å². The van der Waals surface area contributed by atoms with E-state index in [4.69, 9.17) is 21.3 Å². The minimum Gasteiger partial charge on any atom is -0.496 e. The first kappa shape index (κ1) is 20.1. The van der Waals surface area contributed by atoms with Gasteiger partial charge in [-0.15, -0.1) is 0 Å². The van der Waals surface area contributed by atoms with Crippen molar-refractivity contribution in [2.45, 2.75) is 12.6 Å². The first-order chi connectivity index (χ1) is 14.6. The van der Waals surface area contributed by atoms with Gasteiger partial charge in [-0.2, -0.15) is 0 Å². The standard InChI is InChI=1S/C21H20ClN5O3/c1-30-18-10-14(22)2-3-15(18)21(29)26-17-12-24-8-9-27-19(28)11-16(25-20(17)27)13-4-6-23-7-5-13/h2-7,10-11,17,24H,8-9,12H2,1H3,(H,26,29). The number of pyridine rings is 1. The number of nitrogens with one attached hydrogen (secondary N) is 2. The highest BCUT2D eigenvalue weighted by atomic mass is 35.5. The zero-order chi connectivity index (χ0) is 21.1. The summed E-state index contributed by atoms with van der Waals surface area (Å²) in [5.74, 6) is 0.533. The number of aromatic nitrogens is 3. The zero-order valence-corrected chi connectivity index (χ0v) is 17.0. The van der Waals surface area contributed by atoms with Gasteiger partial charge >= 0.3 is 0 Å². The average molecular weight is 426 g/mol. The van der Waals surface area contributed by atoms with Crippen molar-refractivity contribution in [3.63, 3.8) is 0 Å². The number of carbonyl (C=O) groups excluding carboxylic acids is 1. The predicted molar refractivity (Wildman–Crippen MR) is 113 cm³/mol. The fraction of sp³-hybridized carbons (Fsp3) is 0.238. The van der Waals surface area contributed by atoms with Gasteiger partial charge in [-0.25, -0.2) is 4.98 Å². The number of carbonyl (C=O) groups is 1. The number of methoxy groups -OCH3 is 1. The molecular formula is C21H20ClN5O3. The fourth-order valence-corrected chi connectivity index (χ4v) is 3.58. The number of benzene rings is 1. The number of amides is 1. The molecule has 0 radical (unpaired) electrons. The van der Waals surface area contributed by atoms with E-state index >= 15 is 0 Å². The van der Waals surface area contributed by atoms with Crippen LogP contribution in [0.5, 0.6) is 5.75 Å². The van der Waals surface area contributed by atoms with Gasteiger partial charge in [-0.1, -0.05) is 11.6 Å². The SMILES string of the molecule is COc1cc(Cl)ccc1C(=O)NC1CNCCn2c1nc(-c1ccncc1)cc2=O. The molecule has 30 heavy (non-hydrogen) atoms. The Bertz CT molecular complexity index is 1130. The normalized spacial score (nSPS) is 15.7. The van der Waals surface area contributed by atoms with Crippen LogP contribution in [0.1, 0.15) is 22.2 Å². The molecule has 154 valence electrons. The molecule has 1 aliphatic heterocycles. The second-order valence-electron chi connectivity index (χ2n) is 6.80. The van der Waals surface area contributed by atoms with Crippen molar-refractivity contribution in [2.24, 2.45) is 0 Å². The molecule has 0 fully saturated rings. The molecule has 2 N–H and O–H groups in total. The highest BCUT2D eigenvalue weighted by molar-refractivity contribution is 6.30. The Balaban J connectivity index is 1.71. The molecule has 3 aromatic rings. The molecular weight excluding hydrogens is 406 g/mol. The van der Waals surface area contributed by atoms with E-state index in [1.54, 1.807) is 47.3 Å². The van der Waals surface area contributed by atoms with Crippen LogP contribution in [-0.4, -0.2) is 40.6 Å². The highest BCUT2D eigenvalue weighted by Crippen LogP contribution is 2.24. The van der Waals surface area contributed by atoms with E-state index in [-0.39, 0.29) is 11.5 Å². The van der Waals surface area contributed by atoms with E-state index in [1.165, 1.54) is 13.2 Å². The van der Waals surface area contributed by atoms with Crippen molar-refractivity contribution < 1.29 is 9.53 Å². The average Bonchev–Trinajstić information content (AvgIpc) is 2.96. The Hall–Kier alpha value is -3.23. The van der Waals surface area contributed by atoms with Crippen molar-refractivity contribution in [1.29, 1.82) is 0 Å². The van der Waals surface area contributed by atoms with Gasteiger partial charge in [0.05, 0.1) is 24.4 Å². The zero-order valence-electron chi connectivity index (χ0n) is 16.3. The Labute approximate surface area is 177 Å². The molecule has 9 heteroatoms. The lowest BCUT2D eigenvalue weighted by molar-refractivity contribution is 0.0931. The van der Waals surface area contributed by atoms with Gasteiger partial charge in [0.15, 0.2) is 0 Å². The van der Waals surface area contributed by atoms with E-state index in [2.05, 4.69) is 15.6 Å². The molecule has 4 rings (SSSR count). The van der Waals surface area contributed by atoms with Gasteiger partial charge in [0.25, 0.3) is 11.5 Å². The van der Waals surface area contributed by atoms with E-state index < -0.39 is 6.04 Å². The van der Waals surface area contributed by atoms with Crippen LogP contribution in [-0.2, 0) is 6.54 Å². The predicted octanol–water partition coefficient (Wildman–Crippen LogP) is 2.04. The Morgan fingerprint density at radius 2 is 2.07 bits per heavy atom. The van der Waals surface area contributed by atoms with Gasteiger partial charge in [0.2, 0.25) is 0 Å². The smallest absolute Gasteiger partial charge is 0.255 e. The van der Waals surface area contributed by atoms with Crippen molar-refractivity contribution in [2.75, 3.05) is 20.2 Å². The highest BCUT2D eigenvalue weighted by Gasteiger charge is 2.25. The van der Waals surface area contributed by atoms with Crippen LogP contribution in [0, 0.1) is 0 Å². The molecule has 1 amide bonds. The quantitative estimate of drug-likeness (QED) is 0.663. The monoisotopic (exact) mass is 425 g/mol. The summed E-state index contributed by atoms with van der Waals surface area (Å²) in [7, 11) is 1.48. The fourth-order valence-electron chi connectivity index (χ4n) is 3.42. The third-order valence-corrected chi connectivity index (χ3v) is 5.13. The van der Waals surface area contributed by atoms with Crippen LogP contribution < -0.4 is 20.9 Å². The molecule has 8 nitrogen and oxygen atoms in total. The molecule has 0 saturated carbocycles. The molecule has 0 aliphatic carbocycles. The molecule has 2 aromatic heterocycles. The summed E-state index contributed by atoms with van der Waals surface area (Å²) in [5.41, 5.74) is 1.51. The maximum Gasteiger partial charge on any atom is 0.255 e. The van der Waals surface area contributed by atoms with Gasteiger partial charge in [0, 0.05) is 48.7 Å². The largest absolute Gasteiger partial charge is 0.496 e. The molecule has 1 aliphatic rings. The van der Waals surface area contributed by atoms with Crippen molar-refractivity contribution in [3.8, 4) is 17.0 Å². The van der Waals surface area contributed by atoms with Crippen LogP contribution in [0.2, 0.25) is 5.02 Å². The number of hydrogen-bond acceptors (Lipinski definition) is 6. The van der Waals surface area contributed by atoms with E-state index in [9.17, 15) is 9.59 Å². The molecule has 1 aromatic carbocycles. The van der Waals surface area contributed by atoms with Crippen molar-refractivity contribution >= 4 is 17.5 Å². The summed E-state index contributed by atoms with van der Waals surface area (Å²) in [4.78, 5) is 34.5. The second-order valence-corrected chi connectivity index (χ2v) is 7.24. The minimum atomic E-state index is -0.505. The number of halogens is 1. The molecule has 3 heterocycles. The van der Waals surface area contributed by atoms with Crippen LogP contribution in [0.3, 0.4) is 0 Å². The van der Waals surface area contributed by atoms with Gasteiger partial charge in [-0.05, 0) is 30.3 Å². The number of nitrogens with zero attached hydrogens (tertiary/aromatic N) is 3. The second kappa shape index (κ2) is 8.64. The topological polar surface area (TPSA) is 98.1 Å². The molecule has 0 saturated heterocycles. The van der Waals surface area contributed by atoms with Crippen molar-refractivity contribution in [3.05, 3.63) is 75.6 Å². The van der Waals surface area contributed by atoms with Gasteiger partial charge < -0.3 is 15.4 Å². The van der Waals surface area contributed by atoms with Crippen molar-refractivity contribution in [1.82, 2.24) is 25.2 Å². The van der Waals surface area contributed by atoms with Gasteiger partial charge in [-0.3, -0.25) is 19.1 Å². The summed E-state index contributed by atoms with van der Waals surface area (Å²) >= 11 is 6.00. The number of hydrogen-bond donors (Lipinski definition) is 2. The summed E-state index contributed by atoms with van der Waals surface area (Å²) in [5, 5.41) is 6.69. The summed E-state index contributed by atoms with van der Waals surface area (Å²) in [6.07, 6.45) is 3.29. The van der Waals surface area contributed by atoms with Crippen LogP contribution in [0.25, 0.3) is 11.3 Å². The lowest BCUT2D eigenvalue weighted by Gasteiger charge is -2.20. The number of ether oxygens (including phenoxy) is 1. The summed E-state index contributed by atoms with van der Waals surface area (Å²) < 4.78 is 6.88. The van der Waals surface area contributed by atoms with Crippen LogP contribution in [0.15, 0.2) is 53.6 Å².